The van der Waals surface area contributed by atoms with Crippen LogP contribution in [-0.2, 0) is 16.0 Å². The summed E-state index contributed by atoms with van der Waals surface area (Å²) in [4.78, 5) is 19.2. The van der Waals surface area contributed by atoms with E-state index in [0.29, 0.717) is 12.3 Å². The number of nitrogens with one attached hydrogen (secondary N) is 1. The molecule has 0 spiro atoms. The lowest BCUT2D eigenvalue weighted by Crippen LogP contribution is -2.36. The molecule has 1 fully saturated rings. The van der Waals surface area contributed by atoms with Crippen molar-refractivity contribution in [3.63, 3.8) is 0 Å². The second kappa shape index (κ2) is 9.14. The number of carbonyl (C=O) groups is 1. The van der Waals surface area contributed by atoms with Gasteiger partial charge in [-0.2, -0.15) is 0 Å². The summed E-state index contributed by atoms with van der Waals surface area (Å²) in [6.07, 6.45) is 3.09. The van der Waals surface area contributed by atoms with Crippen LogP contribution in [0.25, 0.3) is 0 Å². The lowest BCUT2D eigenvalue weighted by Gasteiger charge is -2.28. The van der Waals surface area contributed by atoms with Crippen molar-refractivity contribution in [1.82, 2.24) is 10.3 Å². The van der Waals surface area contributed by atoms with Gasteiger partial charge >= 0.3 is 0 Å². The average Bonchev–Trinajstić information content (AvgIpc) is 3.17. The van der Waals surface area contributed by atoms with Crippen LogP contribution in [-0.4, -0.2) is 37.2 Å². The van der Waals surface area contributed by atoms with Gasteiger partial charge < -0.3 is 15.0 Å². The van der Waals surface area contributed by atoms with E-state index < -0.39 is 0 Å². The van der Waals surface area contributed by atoms with E-state index in [4.69, 9.17) is 4.74 Å². The molecule has 26 heavy (non-hydrogen) atoms. The maximum atomic E-state index is 12.5. The van der Waals surface area contributed by atoms with Crippen molar-refractivity contribution in [2.75, 3.05) is 31.2 Å². The molecule has 1 aromatic carbocycles. The van der Waals surface area contributed by atoms with Crippen LogP contribution in [0.3, 0.4) is 0 Å². The molecule has 5 nitrogen and oxygen atoms in total. The number of carbonyl (C=O) groups excluding carboxylic acids is 1. The minimum absolute atomic E-state index is 0.00452. The zero-order chi connectivity index (χ0) is 18.4. The zero-order valence-corrected chi connectivity index (χ0v) is 16.3. The van der Waals surface area contributed by atoms with Crippen molar-refractivity contribution in [2.24, 2.45) is 5.92 Å². The second-order valence-corrected chi connectivity index (χ2v) is 7.99. The highest BCUT2D eigenvalue weighted by atomic mass is 32.1. The van der Waals surface area contributed by atoms with Gasteiger partial charge in [-0.3, -0.25) is 4.79 Å². The molecule has 1 aliphatic heterocycles. The first-order valence-electron chi connectivity index (χ1n) is 9.22. The SMILES string of the molecule is CC(C)CC(NC(=O)Cc1ccc(N2CCOCC2)cc1)c1nccs1. The number of thiazole rings is 1. The highest BCUT2D eigenvalue weighted by molar-refractivity contribution is 7.09. The van der Waals surface area contributed by atoms with Crippen molar-refractivity contribution >= 4 is 22.9 Å². The third-order valence-corrected chi connectivity index (χ3v) is 5.36. The fraction of sp³-hybridized carbons (Fsp3) is 0.500. The highest BCUT2D eigenvalue weighted by Crippen LogP contribution is 2.23. The number of morpholine rings is 1. The number of rotatable bonds is 7. The molecule has 140 valence electrons. The number of amides is 1. The fourth-order valence-corrected chi connectivity index (χ4v) is 3.88. The van der Waals surface area contributed by atoms with E-state index >= 15 is 0 Å². The Kier molecular flexibility index (Phi) is 6.63. The number of aromatic nitrogens is 1. The summed E-state index contributed by atoms with van der Waals surface area (Å²) in [6, 6.07) is 8.28. The fourth-order valence-electron chi connectivity index (χ4n) is 3.18. The first kappa shape index (κ1) is 18.9. The van der Waals surface area contributed by atoms with E-state index in [1.807, 2.05) is 17.5 Å². The summed E-state index contributed by atoms with van der Waals surface area (Å²) in [7, 11) is 0. The lowest BCUT2D eigenvalue weighted by atomic mass is 10.0. The van der Waals surface area contributed by atoms with Gasteiger partial charge in [0.25, 0.3) is 0 Å². The summed E-state index contributed by atoms with van der Waals surface area (Å²) in [5.74, 6) is 0.543. The van der Waals surface area contributed by atoms with Gasteiger partial charge in [-0.15, -0.1) is 11.3 Å². The van der Waals surface area contributed by atoms with Crippen LogP contribution in [0.5, 0.6) is 0 Å². The molecular formula is C20H27N3O2S. The highest BCUT2D eigenvalue weighted by Gasteiger charge is 2.19. The van der Waals surface area contributed by atoms with Crippen LogP contribution in [0.4, 0.5) is 5.69 Å². The Bertz CT molecular complexity index is 680. The average molecular weight is 374 g/mol. The molecule has 1 aliphatic rings. The minimum atomic E-state index is -0.00452. The van der Waals surface area contributed by atoms with Crippen molar-refractivity contribution in [2.45, 2.75) is 32.7 Å². The molecule has 0 aliphatic carbocycles. The van der Waals surface area contributed by atoms with Gasteiger partial charge in [0.15, 0.2) is 0 Å². The summed E-state index contributed by atoms with van der Waals surface area (Å²) >= 11 is 1.60. The van der Waals surface area contributed by atoms with E-state index in [-0.39, 0.29) is 11.9 Å². The van der Waals surface area contributed by atoms with Gasteiger partial charge in [-0.25, -0.2) is 4.98 Å². The smallest absolute Gasteiger partial charge is 0.224 e. The van der Waals surface area contributed by atoms with Crippen LogP contribution in [0.1, 0.15) is 36.9 Å². The molecular weight excluding hydrogens is 346 g/mol. The maximum Gasteiger partial charge on any atom is 0.224 e. The van der Waals surface area contributed by atoms with Crippen LogP contribution in [0.15, 0.2) is 35.8 Å². The Morgan fingerprint density at radius 3 is 2.62 bits per heavy atom. The quantitative estimate of drug-likeness (QED) is 0.808. The van der Waals surface area contributed by atoms with E-state index in [1.165, 1.54) is 5.69 Å². The Morgan fingerprint density at radius 1 is 1.27 bits per heavy atom. The zero-order valence-electron chi connectivity index (χ0n) is 15.5. The van der Waals surface area contributed by atoms with E-state index in [2.05, 4.69) is 41.2 Å². The van der Waals surface area contributed by atoms with Crippen molar-refractivity contribution in [1.29, 1.82) is 0 Å². The second-order valence-electron chi connectivity index (χ2n) is 7.06. The molecule has 0 saturated carbocycles. The van der Waals surface area contributed by atoms with E-state index in [1.54, 1.807) is 17.5 Å². The molecule has 0 bridgehead atoms. The van der Waals surface area contributed by atoms with Gasteiger partial charge in [0.2, 0.25) is 5.91 Å². The number of anilines is 1. The topological polar surface area (TPSA) is 54.5 Å². The Hall–Kier alpha value is -1.92. The molecule has 1 atom stereocenters. The van der Waals surface area contributed by atoms with Crippen LogP contribution >= 0.6 is 11.3 Å². The first-order chi connectivity index (χ1) is 12.6. The summed E-state index contributed by atoms with van der Waals surface area (Å²) in [6.45, 7) is 7.72. The largest absolute Gasteiger partial charge is 0.378 e. The van der Waals surface area contributed by atoms with Crippen molar-refractivity contribution in [3.8, 4) is 0 Å². The summed E-state index contributed by atoms with van der Waals surface area (Å²) in [5, 5.41) is 6.10. The van der Waals surface area contributed by atoms with Crippen LogP contribution in [0.2, 0.25) is 0 Å². The number of nitrogens with zero attached hydrogens (tertiary/aromatic N) is 2. The normalized spacial score (nSPS) is 15.9. The Balaban J connectivity index is 1.58. The molecule has 2 heterocycles. The number of ether oxygens (including phenoxy) is 1. The van der Waals surface area contributed by atoms with Gasteiger partial charge in [0, 0.05) is 30.4 Å². The molecule has 1 amide bonds. The van der Waals surface area contributed by atoms with Gasteiger partial charge in [0.1, 0.15) is 5.01 Å². The molecule has 1 N–H and O–H groups in total. The van der Waals surface area contributed by atoms with Crippen LogP contribution < -0.4 is 10.2 Å². The molecule has 1 aromatic heterocycles. The maximum absolute atomic E-state index is 12.5. The third kappa shape index (κ3) is 5.29. The van der Waals surface area contributed by atoms with Gasteiger partial charge in [-0.05, 0) is 30.0 Å². The summed E-state index contributed by atoms with van der Waals surface area (Å²) < 4.78 is 5.39. The number of hydrogen-bond donors (Lipinski definition) is 1. The van der Waals surface area contributed by atoms with Gasteiger partial charge in [-0.1, -0.05) is 26.0 Å². The van der Waals surface area contributed by atoms with E-state index in [0.717, 1.165) is 43.3 Å². The first-order valence-corrected chi connectivity index (χ1v) is 10.1. The van der Waals surface area contributed by atoms with Crippen molar-refractivity contribution < 1.29 is 9.53 Å². The van der Waals surface area contributed by atoms with Crippen LogP contribution in [0, 0.1) is 5.92 Å². The predicted octanol–water partition coefficient (Wildman–Crippen LogP) is 3.43. The molecule has 1 unspecified atom stereocenters. The predicted molar refractivity (Wildman–Crippen MR) is 106 cm³/mol. The Morgan fingerprint density at radius 2 is 2.00 bits per heavy atom. The molecule has 2 aromatic rings. The Labute approximate surface area is 159 Å². The third-order valence-electron chi connectivity index (χ3n) is 4.47. The minimum Gasteiger partial charge on any atom is -0.378 e. The molecule has 1 saturated heterocycles. The summed E-state index contributed by atoms with van der Waals surface area (Å²) in [5.41, 5.74) is 2.22. The monoisotopic (exact) mass is 373 g/mol. The number of hydrogen-bond acceptors (Lipinski definition) is 5. The standard InChI is InChI=1S/C20H27N3O2S/c1-15(2)13-18(20-21-7-12-26-20)22-19(24)14-16-3-5-17(6-4-16)23-8-10-25-11-9-23/h3-7,12,15,18H,8-11,13-14H2,1-2H3,(H,22,24). The van der Waals surface area contributed by atoms with Gasteiger partial charge in [0.05, 0.1) is 25.7 Å². The molecule has 6 heteroatoms. The molecule has 0 radical (unpaired) electrons. The lowest BCUT2D eigenvalue weighted by molar-refractivity contribution is -0.121. The molecule has 3 rings (SSSR count). The number of benzene rings is 1. The van der Waals surface area contributed by atoms with Crippen molar-refractivity contribution in [3.05, 3.63) is 46.4 Å². The van der Waals surface area contributed by atoms with E-state index in [9.17, 15) is 4.79 Å².